The Bertz CT molecular complexity index is 431. The van der Waals surface area contributed by atoms with Crippen LogP contribution in [0, 0.1) is 13.0 Å². The van der Waals surface area contributed by atoms with Crippen molar-refractivity contribution in [1.82, 2.24) is 0 Å². The first kappa shape index (κ1) is 16.5. The van der Waals surface area contributed by atoms with Crippen LogP contribution in [0.2, 0.25) is 0 Å². The van der Waals surface area contributed by atoms with Crippen molar-refractivity contribution >= 4 is 23.1 Å². The molecule has 2 rings (SSSR count). The zero-order valence-corrected chi connectivity index (χ0v) is 12.8. The van der Waals surface area contributed by atoms with Crippen molar-refractivity contribution in [1.29, 1.82) is 0 Å². The van der Waals surface area contributed by atoms with Gasteiger partial charge in [0.25, 0.3) is 0 Å². The van der Waals surface area contributed by atoms with Gasteiger partial charge in [0.2, 0.25) is 0 Å². The van der Waals surface area contributed by atoms with Gasteiger partial charge in [0.1, 0.15) is 5.75 Å². The molecule has 0 unspecified atom stereocenters. The Labute approximate surface area is 129 Å². The molecule has 0 saturated carbocycles. The molecule has 84 valence electrons. The molecule has 1 nitrogen and oxygen atoms in total. The first-order chi connectivity index (χ1) is 7.34. The van der Waals surface area contributed by atoms with Crippen LogP contribution in [-0.2, 0) is 6.61 Å². The molecule has 0 heterocycles. The number of halogens is 1. The normalized spacial score (nSPS) is 8.76. The van der Waals surface area contributed by atoms with E-state index in [9.17, 15) is 0 Å². The second-order valence-electron chi connectivity index (χ2n) is 3.51. The van der Waals surface area contributed by atoms with Gasteiger partial charge in [-0.15, -0.1) is 5.56 Å². The average Bonchev–Trinajstić information content (AvgIpc) is 2.28. The van der Waals surface area contributed by atoms with E-state index in [0.29, 0.717) is 6.61 Å². The molecule has 0 saturated heterocycles. The summed E-state index contributed by atoms with van der Waals surface area (Å²) in [4.78, 5) is 0. The standard InChI is InChI=1S/C14H13O.BrH.Mg/c1-12-6-5-9-14(10-12)15-11-13-7-3-2-4-8-13;;/h3-10H,11H2,1H3;1H;/q-1;;+2/p-1. The zero-order chi connectivity index (χ0) is 10.5. The summed E-state index contributed by atoms with van der Waals surface area (Å²) in [5, 5.41) is 0. The maximum atomic E-state index is 5.66. The number of hydrogen-bond donors (Lipinski definition) is 0. The summed E-state index contributed by atoms with van der Waals surface area (Å²) < 4.78 is 5.66. The number of hydrogen-bond acceptors (Lipinski definition) is 1. The number of ether oxygens (including phenoxy) is 1. The SMILES string of the molecule is Cc1cccc(OCc2cc[c-]cc2)c1.[Br-].[Mg+2]. The van der Waals surface area contributed by atoms with E-state index < -0.39 is 0 Å². The summed E-state index contributed by atoms with van der Waals surface area (Å²) in [6, 6.07) is 18.9. The van der Waals surface area contributed by atoms with Gasteiger partial charge in [-0.2, -0.15) is 30.3 Å². The maximum absolute atomic E-state index is 5.66. The van der Waals surface area contributed by atoms with Crippen LogP contribution in [0.25, 0.3) is 0 Å². The molecular weight excluding hydrogens is 288 g/mol. The Morgan fingerprint density at radius 2 is 1.82 bits per heavy atom. The number of rotatable bonds is 3. The van der Waals surface area contributed by atoms with Gasteiger partial charge in [0.05, 0.1) is 6.61 Å². The van der Waals surface area contributed by atoms with Crippen molar-refractivity contribution in [2.24, 2.45) is 0 Å². The predicted molar refractivity (Wildman–Crippen MR) is 66.5 cm³/mol. The van der Waals surface area contributed by atoms with E-state index in [4.69, 9.17) is 4.74 Å². The van der Waals surface area contributed by atoms with Crippen molar-refractivity contribution in [3.8, 4) is 5.75 Å². The third kappa shape index (κ3) is 5.57. The van der Waals surface area contributed by atoms with E-state index in [2.05, 4.69) is 19.1 Å². The number of aryl methyl sites for hydroxylation is 1. The summed E-state index contributed by atoms with van der Waals surface area (Å²) in [5.41, 5.74) is 2.38. The monoisotopic (exact) mass is 300 g/mol. The van der Waals surface area contributed by atoms with Crippen LogP contribution in [0.3, 0.4) is 0 Å². The van der Waals surface area contributed by atoms with Gasteiger partial charge in [0, 0.05) is 0 Å². The molecule has 0 radical (unpaired) electrons. The summed E-state index contributed by atoms with van der Waals surface area (Å²) in [5.74, 6) is 0.919. The minimum Gasteiger partial charge on any atom is -1.00 e. The van der Waals surface area contributed by atoms with E-state index in [1.54, 1.807) is 0 Å². The van der Waals surface area contributed by atoms with Crippen LogP contribution in [-0.4, -0.2) is 23.1 Å². The first-order valence-corrected chi connectivity index (χ1v) is 4.99. The summed E-state index contributed by atoms with van der Waals surface area (Å²) in [6.07, 6.45) is 0. The van der Waals surface area contributed by atoms with E-state index in [0.717, 1.165) is 11.3 Å². The van der Waals surface area contributed by atoms with Gasteiger partial charge in [-0.05, 0) is 24.6 Å². The van der Waals surface area contributed by atoms with Gasteiger partial charge in [-0.25, -0.2) is 0 Å². The number of benzene rings is 2. The molecule has 0 N–H and O–H groups in total. The quantitative estimate of drug-likeness (QED) is 0.573. The molecule has 2 aromatic carbocycles. The smallest absolute Gasteiger partial charge is 1.00 e. The molecule has 0 aliphatic heterocycles. The first-order valence-electron chi connectivity index (χ1n) is 4.99. The van der Waals surface area contributed by atoms with Crippen molar-refractivity contribution in [3.05, 3.63) is 65.7 Å². The maximum Gasteiger partial charge on any atom is 2.00 e. The van der Waals surface area contributed by atoms with Gasteiger partial charge in [-0.3, -0.25) is 0 Å². The van der Waals surface area contributed by atoms with Crippen LogP contribution < -0.4 is 21.7 Å². The van der Waals surface area contributed by atoms with Crippen LogP contribution >= 0.6 is 0 Å². The molecular formula is C14H13BrMgO. The topological polar surface area (TPSA) is 9.23 Å². The average molecular weight is 301 g/mol. The summed E-state index contributed by atoms with van der Waals surface area (Å²) in [6.45, 7) is 2.67. The summed E-state index contributed by atoms with van der Waals surface area (Å²) in [7, 11) is 0. The second-order valence-corrected chi connectivity index (χ2v) is 3.51. The van der Waals surface area contributed by atoms with E-state index in [1.807, 2.05) is 42.5 Å². The van der Waals surface area contributed by atoms with E-state index in [-0.39, 0.29) is 40.0 Å². The van der Waals surface area contributed by atoms with Gasteiger partial charge >= 0.3 is 23.1 Å². The molecule has 0 atom stereocenters. The predicted octanol–water partition coefficient (Wildman–Crippen LogP) is -0.00259. The Morgan fingerprint density at radius 3 is 2.47 bits per heavy atom. The molecule has 0 bridgehead atoms. The minimum atomic E-state index is 0. The molecule has 0 spiro atoms. The zero-order valence-electron chi connectivity index (χ0n) is 9.82. The Kier molecular flexibility index (Phi) is 8.30. The third-order valence-corrected chi connectivity index (χ3v) is 2.18. The van der Waals surface area contributed by atoms with Crippen LogP contribution in [0.15, 0.2) is 48.5 Å². The molecule has 0 aliphatic carbocycles. The van der Waals surface area contributed by atoms with Crippen LogP contribution in [0.4, 0.5) is 0 Å². The van der Waals surface area contributed by atoms with Gasteiger partial charge < -0.3 is 21.7 Å². The molecule has 2 aromatic rings. The Balaban J connectivity index is 0.00000128. The van der Waals surface area contributed by atoms with Crippen molar-refractivity contribution in [2.45, 2.75) is 13.5 Å². The van der Waals surface area contributed by atoms with Crippen LogP contribution in [0.1, 0.15) is 11.1 Å². The molecule has 17 heavy (non-hydrogen) atoms. The fourth-order valence-electron chi connectivity index (χ4n) is 1.39. The van der Waals surface area contributed by atoms with E-state index in [1.165, 1.54) is 5.56 Å². The fourth-order valence-corrected chi connectivity index (χ4v) is 1.39. The van der Waals surface area contributed by atoms with Gasteiger partial charge in [-0.1, -0.05) is 12.1 Å². The van der Waals surface area contributed by atoms with Crippen molar-refractivity contribution in [2.75, 3.05) is 0 Å². The summed E-state index contributed by atoms with van der Waals surface area (Å²) >= 11 is 0. The van der Waals surface area contributed by atoms with Crippen molar-refractivity contribution < 1.29 is 21.7 Å². The largest absolute Gasteiger partial charge is 2.00 e. The molecule has 3 heteroatoms. The van der Waals surface area contributed by atoms with Crippen LogP contribution in [0.5, 0.6) is 5.75 Å². The molecule has 0 fully saturated rings. The van der Waals surface area contributed by atoms with Crippen molar-refractivity contribution in [3.63, 3.8) is 0 Å². The molecule has 0 aliphatic rings. The Morgan fingerprint density at radius 1 is 1.12 bits per heavy atom. The molecule has 0 aromatic heterocycles. The second kappa shape index (κ2) is 8.56. The fraction of sp³-hybridized carbons (Fsp3) is 0.143. The third-order valence-electron chi connectivity index (χ3n) is 2.18. The minimum absolute atomic E-state index is 0. The van der Waals surface area contributed by atoms with E-state index >= 15 is 0 Å². The van der Waals surface area contributed by atoms with Gasteiger partial charge in [0.15, 0.2) is 0 Å². The Hall–Kier alpha value is -0.514. The molecule has 0 amide bonds.